The highest BCUT2D eigenvalue weighted by Gasteiger charge is 2.17. The molecule has 0 saturated heterocycles. The fourth-order valence-corrected chi connectivity index (χ4v) is 1.87. The molecule has 0 N–H and O–H groups in total. The van der Waals surface area contributed by atoms with Crippen LogP contribution >= 0.6 is 11.6 Å². The monoisotopic (exact) mass is 309 g/mol. The van der Waals surface area contributed by atoms with Gasteiger partial charge >= 0.3 is 5.97 Å². The second-order valence-electron chi connectivity index (χ2n) is 4.10. The third-order valence-corrected chi connectivity index (χ3v) is 3.00. The van der Waals surface area contributed by atoms with Crippen molar-refractivity contribution in [3.8, 4) is 0 Å². The van der Waals surface area contributed by atoms with E-state index in [0.29, 0.717) is 5.56 Å². The van der Waals surface area contributed by atoms with Gasteiger partial charge in [0, 0.05) is 12.1 Å². The van der Waals surface area contributed by atoms with Crippen LogP contribution in [-0.4, -0.2) is 10.9 Å². The van der Waals surface area contributed by atoms with Gasteiger partial charge in [-0.05, 0) is 29.8 Å². The van der Waals surface area contributed by atoms with Crippen LogP contribution in [-0.2, 0) is 11.3 Å². The van der Waals surface area contributed by atoms with Crippen LogP contribution in [0.1, 0.15) is 15.9 Å². The molecule has 2 rings (SSSR count). The third kappa shape index (κ3) is 3.55. The van der Waals surface area contributed by atoms with E-state index in [4.69, 9.17) is 16.3 Å². The largest absolute Gasteiger partial charge is 0.457 e. The molecule has 7 heteroatoms. The van der Waals surface area contributed by atoms with Crippen molar-refractivity contribution >= 4 is 23.3 Å². The molecule has 0 aliphatic heterocycles. The first-order valence-corrected chi connectivity index (χ1v) is 6.21. The fourth-order valence-electron chi connectivity index (χ4n) is 1.63. The lowest BCUT2D eigenvalue weighted by atomic mass is 10.2. The highest BCUT2D eigenvalue weighted by atomic mass is 35.5. The van der Waals surface area contributed by atoms with Crippen molar-refractivity contribution in [1.82, 2.24) is 0 Å². The van der Waals surface area contributed by atoms with Gasteiger partial charge in [-0.1, -0.05) is 17.7 Å². The molecular formula is C14H9ClFNO4. The van der Waals surface area contributed by atoms with E-state index in [1.165, 1.54) is 36.4 Å². The van der Waals surface area contributed by atoms with Gasteiger partial charge in [0.25, 0.3) is 5.69 Å². The highest BCUT2D eigenvalue weighted by Crippen LogP contribution is 2.20. The van der Waals surface area contributed by atoms with Crippen LogP contribution in [0.2, 0.25) is 5.02 Å². The first-order valence-electron chi connectivity index (χ1n) is 5.83. The number of esters is 1. The number of carbonyl (C=O) groups excluding carboxylic acids is 1. The third-order valence-electron chi connectivity index (χ3n) is 2.68. The number of rotatable bonds is 4. The Morgan fingerprint density at radius 3 is 2.48 bits per heavy atom. The summed E-state index contributed by atoms with van der Waals surface area (Å²) in [4.78, 5) is 21.7. The molecule has 0 spiro atoms. The molecule has 0 atom stereocenters. The molecule has 108 valence electrons. The standard InChI is InChI=1S/C14H9ClFNO4/c15-11-2-1-3-12(16)13(11)14(18)21-8-9-4-6-10(7-5-9)17(19)20/h1-7H,8H2. The molecule has 0 unspecified atom stereocenters. The number of nitrogens with zero attached hydrogens (tertiary/aromatic N) is 1. The molecule has 2 aromatic rings. The molecule has 0 aliphatic rings. The average molecular weight is 310 g/mol. The summed E-state index contributed by atoms with van der Waals surface area (Å²) in [6.07, 6.45) is 0. The van der Waals surface area contributed by atoms with Gasteiger partial charge < -0.3 is 4.74 Å². The second kappa shape index (κ2) is 6.32. The summed E-state index contributed by atoms with van der Waals surface area (Å²) in [5.41, 5.74) is 0.143. The number of carbonyl (C=O) groups is 1. The maximum absolute atomic E-state index is 13.5. The normalized spacial score (nSPS) is 10.2. The molecule has 0 radical (unpaired) electrons. The maximum Gasteiger partial charge on any atom is 0.342 e. The van der Waals surface area contributed by atoms with E-state index in [2.05, 4.69) is 0 Å². The number of hydrogen-bond acceptors (Lipinski definition) is 4. The summed E-state index contributed by atoms with van der Waals surface area (Å²) in [6.45, 7) is -0.137. The molecule has 0 aliphatic carbocycles. The first-order chi connectivity index (χ1) is 9.99. The molecule has 0 bridgehead atoms. The Labute approximate surface area is 124 Å². The molecule has 0 aromatic heterocycles. The van der Waals surface area contributed by atoms with Gasteiger partial charge in [-0.25, -0.2) is 9.18 Å². The van der Waals surface area contributed by atoms with Crippen LogP contribution in [0.3, 0.4) is 0 Å². The molecule has 0 fully saturated rings. The number of non-ortho nitro benzene ring substituents is 1. The lowest BCUT2D eigenvalue weighted by Gasteiger charge is -2.07. The Balaban J connectivity index is 2.06. The molecular weight excluding hydrogens is 301 g/mol. The molecule has 2 aromatic carbocycles. The lowest BCUT2D eigenvalue weighted by molar-refractivity contribution is -0.384. The van der Waals surface area contributed by atoms with Crippen LogP contribution in [0.5, 0.6) is 0 Å². The first kappa shape index (κ1) is 14.9. The number of ether oxygens (including phenoxy) is 1. The molecule has 0 heterocycles. The van der Waals surface area contributed by atoms with Gasteiger partial charge in [-0.3, -0.25) is 10.1 Å². The number of hydrogen-bond donors (Lipinski definition) is 0. The quantitative estimate of drug-likeness (QED) is 0.490. The van der Waals surface area contributed by atoms with Crippen molar-refractivity contribution in [2.75, 3.05) is 0 Å². The molecule has 0 amide bonds. The van der Waals surface area contributed by atoms with Crippen molar-refractivity contribution < 1.29 is 18.8 Å². The van der Waals surface area contributed by atoms with Crippen LogP contribution in [0, 0.1) is 15.9 Å². The van der Waals surface area contributed by atoms with Gasteiger partial charge in [0.05, 0.1) is 9.95 Å². The maximum atomic E-state index is 13.5. The Morgan fingerprint density at radius 2 is 1.90 bits per heavy atom. The summed E-state index contributed by atoms with van der Waals surface area (Å²) in [5.74, 6) is -1.66. The van der Waals surface area contributed by atoms with E-state index >= 15 is 0 Å². The predicted octanol–water partition coefficient (Wildman–Crippen LogP) is 3.74. The minimum atomic E-state index is -0.892. The molecule has 21 heavy (non-hydrogen) atoms. The summed E-state index contributed by atoms with van der Waals surface area (Å²) < 4.78 is 18.5. The van der Waals surface area contributed by atoms with Crippen LogP contribution < -0.4 is 0 Å². The summed E-state index contributed by atoms with van der Waals surface area (Å²) in [6, 6.07) is 9.35. The molecule has 5 nitrogen and oxygen atoms in total. The SMILES string of the molecule is O=C(OCc1ccc([N+](=O)[O-])cc1)c1c(F)cccc1Cl. The van der Waals surface area contributed by atoms with E-state index in [1.54, 1.807) is 0 Å². The van der Waals surface area contributed by atoms with E-state index in [0.717, 1.165) is 6.07 Å². The minimum absolute atomic E-state index is 0.0382. The van der Waals surface area contributed by atoms with Crippen LogP contribution in [0.4, 0.5) is 10.1 Å². The fraction of sp³-hybridized carbons (Fsp3) is 0.0714. The number of benzene rings is 2. The Bertz CT molecular complexity index is 668. The van der Waals surface area contributed by atoms with Crippen molar-refractivity contribution in [3.63, 3.8) is 0 Å². The van der Waals surface area contributed by atoms with Crippen molar-refractivity contribution in [2.24, 2.45) is 0 Å². The Hall–Kier alpha value is -2.47. The van der Waals surface area contributed by atoms with Gasteiger partial charge in [-0.15, -0.1) is 0 Å². The molecule has 0 saturated carbocycles. The zero-order valence-electron chi connectivity index (χ0n) is 10.6. The van der Waals surface area contributed by atoms with Crippen molar-refractivity contribution in [3.05, 3.63) is 74.5 Å². The van der Waals surface area contributed by atoms with E-state index in [-0.39, 0.29) is 22.9 Å². The van der Waals surface area contributed by atoms with Gasteiger partial charge in [0.2, 0.25) is 0 Å². The van der Waals surface area contributed by atoms with E-state index in [9.17, 15) is 19.3 Å². The second-order valence-corrected chi connectivity index (χ2v) is 4.50. The van der Waals surface area contributed by atoms with E-state index in [1.807, 2.05) is 0 Å². The average Bonchev–Trinajstić information content (AvgIpc) is 2.45. The van der Waals surface area contributed by atoms with Crippen LogP contribution in [0.15, 0.2) is 42.5 Å². The Kier molecular flexibility index (Phi) is 4.49. The van der Waals surface area contributed by atoms with Crippen molar-refractivity contribution in [2.45, 2.75) is 6.61 Å². The number of nitro groups is 1. The van der Waals surface area contributed by atoms with Gasteiger partial charge in [0.15, 0.2) is 0 Å². The van der Waals surface area contributed by atoms with Crippen molar-refractivity contribution in [1.29, 1.82) is 0 Å². The van der Waals surface area contributed by atoms with Gasteiger partial charge in [-0.2, -0.15) is 0 Å². The number of nitro benzene ring substituents is 1. The van der Waals surface area contributed by atoms with Gasteiger partial charge in [0.1, 0.15) is 18.0 Å². The highest BCUT2D eigenvalue weighted by molar-refractivity contribution is 6.33. The number of halogens is 2. The topological polar surface area (TPSA) is 69.4 Å². The zero-order chi connectivity index (χ0) is 15.4. The van der Waals surface area contributed by atoms with Crippen LogP contribution in [0.25, 0.3) is 0 Å². The predicted molar refractivity (Wildman–Crippen MR) is 73.6 cm³/mol. The lowest BCUT2D eigenvalue weighted by Crippen LogP contribution is -2.08. The minimum Gasteiger partial charge on any atom is -0.457 e. The zero-order valence-corrected chi connectivity index (χ0v) is 11.3. The summed E-state index contributed by atoms with van der Waals surface area (Å²) in [7, 11) is 0. The van der Waals surface area contributed by atoms with E-state index < -0.39 is 16.7 Å². The smallest absolute Gasteiger partial charge is 0.342 e. The Morgan fingerprint density at radius 1 is 1.24 bits per heavy atom. The summed E-state index contributed by atoms with van der Waals surface area (Å²) >= 11 is 5.75. The summed E-state index contributed by atoms with van der Waals surface area (Å²) in [5, 5.41) is 10.5.